The number of carbonyl (C=O) groups excluding carboxylic acids is 1. The molecule has 1 amide bonds. The lowest BCUT2D eigenvalue weighted by atomic mass is 10.2. The van der Waals surface area contributed by atoms with E-state index in [4.69, 9.17) is 5.26 Å². The maximum Gasteiger partial charge on any atom is 0.247 e. The predicted molar refractivity (Wildman–Crippen MR) is 91.5 cm³/mol. The van der Waals surface area contributed by atoms with Crippen LogP contribution in [0, 0.1) is 11.3 Å². The Bertz CT molecular complexity index is 717. The van der Waals surface area contributed by atoms with Gasteiger partial charge in [0.15, 0.2) is 0 Å². The van der Waals surface area contributed by atoms with E-state index in [1.54, 1.807) is 10.9 Å². The van der Waals surface area contributed by atoms with Crippen LogP contribution in [0.5, 0.6) is 0 Å². The smallest absolute Gasteiger partial charge is 0.247 e. The summed E-state index contributed by atoms with van der Waals surface area (Å²) in [6.45, 7) is 5.05. The zero-order chi connectivity index (χ0) is 16.9. The van der Waals surface area contributed by atoms with Crippen molar-refractivity contribution in [3.63, 3.8) is 0 Å². The van der Waals surface area contributed by atoms with Crippen molar-refractivity contribution in [3.8, 4) is 6.07 Å². The van der Waals surface area contributed by atoms with Crippen LogP contribution in [0.1, 0.15) is 24.9 Å². The number of rotatable bonds is 3. The van der Waals surface area contributed by atoms with Crippen LogP contribution < -0.4 is 4.90 Å². The molecular weight excluding hydrogens is 302 g/mol. The highest BCUT2D eigenvalue weighted by Crippen LogP contribution is 2.18. The summed E-state index contributed by atoms with van der Waals surface area (Å²) in [4.78, 5) is 16.9. The van der Waals surface area contributed by atoms with Crippen LogP contribution in [0.25, 0.3) is 0 Å². The second-order valence-electron chi connectivity index (χ2n) is 5.99. The molecule has 1 aliphatic heterocycles. The van der Waals surface area contributed by atoms with Crippen molar-refractivity contribution in [3.05, 3.63) is 48.3 Å². The van der Waals surface area contributed by atoms with Gasteiger partial charge >= 0.3 is 0 Å². The van der Waals surface area contributed by atoms with Crippen LogP contribution >= 0.6 is 0 Å². The average molecular weight is 323 g/mol. The largest absolute Gasteiger partial charge is 0.370 e. The van der Waals surface area contributed by atoms with E-state index in [0.717, 1.165) is 31.7 Å². The van der Waals surface area contributed by atoms with E-state index in [1.807, 2.05) is 48.4 Å². The van der Waals surface area contributed by atoms with Crippen molar-refractivity contribution in [2.24, 2.45) is 0 Å². The summed E-state index contributed by atoms with van der Waals surface area (Å²) >= 11 is 0. The summed E-state index contributed by atoms with van der Waals surface area (Å²) in [6, 6.07) is 11.3. The molecule has 0 spiro atoms. The average Bonchev–Trinajstić information content (AvgIpc) is 3.05. The lowest BCUT2D eigenvalue weighted by molar-refractivity contribution is -0.134. The van der Waals surface area contributed by atoms with Gasteiger partial charge in [0, 0.05) is 44.3 Å². The Morgan fingerprint density at radius 1 is 1.21 bits per heavy atom. The Kier molecular flexibility index (Phi) is 4.80. The molecule has 1 aromatic carbocycles. The predicted octanol–water partition coefficient (Wildman–Crippen LogP) is 2.05. The number of carbonyl (C=O) groups is 1. The second kappa shape index (κ2) is 7.18. The molecule has 2 aromatic rings. The van der Waals surface area contributed by atoms with Gasteiger partial charge < -0.3 is 9.80 Å². The first-order valence-corrected chi connectivity index (χ1v) is 8.22. The fraction of sp³-hybridized carbons (Fsp3) is 0.389. The topological polar surface area (TPSA) is 65.2 Å². The molecule has 1 fully saturated rings. The summed E-state index contributed by atoms with van der Waals surface area (Å²) in [5, 5.41) is 13.1. The molecule has 6 nitrogen and oxygen atoms in total. The maximum absolute atomic E-state index is 12.7. The quantitative estimate of drug-likeness (QED) is 0.867. The number of nitrogens with zero attached hydrogens (tertiary/aromatic N) is 5. The summed E-state index contributed by atoms with van der Waals surface area (Å²) in [5.74, 6) is 0.111. The van der Waals surface area contributed by atoms with Gasteiger partial charge in [-0.2, -0.15) is 10.4 Å². The van der Waals surface area contributed by atoms with Crippen molar-refractivity contribution >= 4 is 11.6 Å². The Morgan fingerprint density at radius 2 is 2.00 bits per heavy atom. The van der Waals surface area contributed by atoms with Crippen LogP contribution in [0.4, 0.5) is 5.69 Å². The van der Waals surface area contributed by atoms with Crippen LogP contribution in [0.3, 0.4) is 0 Å². The molecule has 1 unspecified atom stereocenters. The van der Waals surface area contributed by atoms with Crippen molar-refractivity contribution < 1.29 is 4.79 Å². The van der Waals surface area contributed by atoms with Crippen molar-refractivity contribution in [2.45, 2.75) is 19.4 Å². The van der Waals surface area contributed by atoms with Crippen molar-refractivity contribution in [1.29, 1.82) is 5.26 Å². The molecule has 6 heteroatoms. The number of benzene rings is 1. The standard InChI is InChI=1S/C18H21N5O/c1-15(23-11-2-8-20-23)18(24)22-10-3-9-21(12-13-22)17-6-4-16(14-19)5-7-17/h2,4-8,11,15H,3,9-10,12-13H2,1H3. The molecule has 0 radical (unpaired) electrons. The third kappa shape index (κ3) is 3.40. The Morgan fingerprint density at radius 3 is 2.67 bits per heavy atom. The number of aromatic nitrogens is 2. The van der Waals surface area contributed by atoms with E-state index in [-0.39, 0.29) is 11.9 Å². The Labute approximate surface area is 141 Å². The zero-order valence-electron chi connectivity index (χ0n) is 13.8. The molecule has 2 heterocycles. The SMILES string of the molecule is CC(C(=O)N1CCCN(c2ccc(C#N)cc2)CC1)n1cccn1. The normalized spacial score (nSPS) is 16.3. The first-order valence-electron chi connectivity index (χ1n) is 8.22. The highest BCUT2D eigenvalue weighted by molar-refractivity contribution is 5.80. The molecular formula is C18H21N5O. The first-order chi connectivity index (χ1) is 11.7. The number of anilines is 1. The summed E-state index contributed by atoms with van der Waals surface area (Å²) < 4.78 is 1.70. The van der Waals surface area contributed by atoms with Crippen LogP contribution in [-0.2, 0) is 4.79 Å². The number of hydrogen-bond donors (Lipinski definition) is 0. The van der Waals surface area contributed by atoms with Crippen LogP contribution in [-0.4, -0.2) is 46.8 Å². The number of hydrogen-bond acceptors (Lipinski definition) is 4. The van der Waals surface area contributed by atoms with Gasteiger partial charge in [-0.15, -0.1) is 0 Å². The molecule has 0 saturated carbocycles. The summed E-state index contributed by atoms with van der Waals surface area (Å²) in [5.41, 5.74) is 1.77. The van der Waals surface area contributed by atoms with Crippen molar-refractivity contribution in [1.82, 2.24) is 14.7 Å². The van der Waals surface area contributed by atoms with E-state index in [0.29, 0.717) is 12.1 Å². The highest BCUT2D eigenvalue weighted by Gasteiger charge is 2.24. The van der Waals surface area contributed by atoms with Gasteiger partial charge in [0.1, 0.15) is 6.04 Å². The van der Waals surface area contributed by atoms with Gasteiger partial charge in [-0.05, 0) is 43.7 Å². The maximum atomic E-state index is 12.7. The van der Waals surface area contributed by atoms with E-state index in [1.165, 1.54) is 0 Å². The molecule has 24 heavy (non-hydrogen) atoms. The Balaban J connectivity index is 1.64. The van der Waals surface area contributed by atoms with Gasteiger partial charge in [-0.3, -0.25) is 9.48 Å². The first kappa shape index (κ1) is 16.1. The molecule has 124 valence electrons. The molecule has 1 atom stereocenters. The number of nitriles is 1. The molecule has 0 aliphatic carbocycles. The lowest BCUT2D eigenvalue weighted by Gasteiger charge is -2.25. The minimum Gasteiger partial charge on any atom is -0.370 e. The summed E-state index contributed by atoms with van der Waals surface area (Å²) in [7, 11) is 0. The van der Waals surface area contributed by atoms with Gasteiger partial charge in [0.2, 0.25) is 5.91 Å². The minimum absolute atomic E-state index is 0.111. The van der Waals surface area contributed by atoms with Gasteiger partial charge in [0.05, 0.1) is 11.6 Å². The summed E-state index contributed by atoms with van der Waals surface area (Å²) in [6.07, 6.45) is 4.44. The van der Waals surface area contributed by atoms with E-state index in [2.05, 4.69) is 16.1 Å². The molecule has 1 saturated heterocycles. The van der Waals surface area contributed by atoms with E-state index in [9.17, 15) is 4.79 Å². The third-order valence-electron chi connectivity index (χ3n) is 4.45. The fourth-order valence-electron chi connectivity index (χ4n) is 3.03. The molecule has 1 aromatic heterocycles. The van der Waals surface area contributed by atoms with Gasteiger partial charge in [-0.25, -0.2) is 0 Å². The van der Waals surface area contributed by atoms with E-state index < -0.39 is 0 Å². The van der Waals surface area contributed by atoms with Crippen LogP contribution in [0.15, 0.2) is 42.7 Å². The minimum atomic E-state index is -0.276. The zero-order valence-corrected chi connectivity index (χ0v) is 13.8. The molecule has 1 aliphatic rings. The van der Waals surface area contributed by atoms with Crippen LogP contribution in [0.2, 0.25) is 0 Å². The van der Waals surface area contributed by atoms with Gasteiger partial charge in [-0.1, -0.05) is 0 Å². The lowest BCUT2D eigenvalue weighted by Crippen LogP contribution is -2.39. The van der Waals surface area contributed by atoms with Crippen molar-refractivity contribution in [2.75, 3.05) is 31.1 Å². The third-order valence-corrected chi connectivity index (χ3v) is 4.45. The second-order valence-corrected chi connectivity index (χ2v) is 5.99. The fourth-order valence-corrected chi connectivity index (χ4v) is 3.03. The van der Waals surface area contributed by atoms with E-state index >= 15 is 0 Å². The molecule has 3 rings (SSSR count). The monoisotopic (exact) mass is 323 g/mol. The highest BCUT2D eigenvalue weighted by atomic mass is 16.2. The number of amides is 1. The molecule has 0 bridgehead atoms. The Hall–Kier alpha value is -2.81. The van der Waals surface area contributed by atoms with Gasteiger partial charge in [0.25, 0.3) is 0 Å². The molecule has 0 N–H and O–H groups in total.